The van der Waals surface area contributed by atoms with Crippen molar-refractivity contribution in [2.75, 3.05) is 0 Å². The molecule has 1 amide bonds. The van der Waals surface area contributed by atoms with Gasteiger partial charge in [0.2, 0.25) is 0 Å². The molecule has 1 N–H and O–H groups in total. The molecular formula is C12H17NO2. The lowest BCUT2D eigenvalue weighted by molar-refractivity contribution is -0.158. The van der Waals surface area contributed by atoms with Crippen molar-refractivity contribution in [3.05, 3.63) is 23.8 Å². The minimum atomic E-state index is -0.719. The highest BCUT2D eigenvalue weighted by Crippen LogP contribution is 2.25. The van der Waals surface area contributed by atoms with Gasteiger partial charge in [0.15, 0.2) is 0 Å². The zero-order valence-corrected chi connectivity index (χ0v) is 9.41. The van der Waals surface area contributed by atoms with Crippen molar-refractivity contribution in [1.29, 1.82) is 0 Å². The highest BCUT2D eigenvalue weighted by molar-refractivity contribution is 5.85. The Labute approximate surface area is 90.2 Å². The number of nitrogens with one attached hydrogen (secondary N) is 1. The lowest BCUT2D eigenvalue weighted by Crippen LogP contribution is -2.59. The molecule has 2 rings (SSSR count). The van der Waals surface area contributed by atoms with Crippen LogP contribution in [0.3, 0.4) is 0 Å². The number of carbonyl (C=O) groups excluding carboxylic acids is 1. The number of morpholine rings is 1. The topological polar surface area (TPSA) is 38.3 Å². The van der Waals surface area contributed by atoms with Gasteiger partial charge in [-0.15, -0.1) is 0 Å². The van der Waals surface area contributed by atoms with Crippen LogP contribution >= 0.6 is 0 Å². The Morgan fingerprint density at radius 3 is 2.93 bits per heavy atom. The minimum Gasteiger partial charge on any atom is -0.356 e. The van der Waals surface area contributed by atoms with E-state index in [1.165, 1.54) is 5.57 Å². The van der Waals surface area contributed by atoms with Gasteiger partial charge >= 0.3 is 0 Å². The minimum absolute atomic E-state index is 0.00507. The summed E-state index contributed by atoms with van der Waals surface area (Å²) in [7, 11) is 0. The highest BCUT2D eigenvalue weighted by atomic mass is 16.5. The van der Waals surface area contributed by atoms with E-state index in [9.17, 15) is 4.79 Å². The molecular weight excluding hydrogens is 190 g/mol. The Kier molecular flexibility index (Phi) is 2.43. The molecule has 1 saturated heterocycles. The molecule has 0 aromatic carbocycles. The smallest absolute Gasteiger partial charge is 0.252 e. The SMILES string of the molecule is CCC1=CC2NC(=O)C(C)(C)OC2C=C1. The number of hydrogen-bond donors (Lipinski definition) is 1. The Hall–Kier alpha value is -1.09. The van der Waals surface area contributed by atoms with Crippen molar-refractivity contribution < 1.29 is 9.53 Å². The van der Waals surface area contributed by atoms with E-state index in [4.69, 9.17) is 4.74 Å². The molecule has 0 saturated carbocycles. The van der Waals surface area contributed by atoms with Gasteiger partial charge in [0.25, 0.3) is 5.91 Å². The molecule has 0 radical (unpaired) electrons. The second-order valence-corrected chi connectivity index (χ2v) is 4.55. The van der Waals surface area contributed by atoms with Gasteiger partial charge in [0.05, 0.1) is 6.04 Å². The van der Waals surface area contributed by atoms with Crippen molar-refractivity contribution in [2.45, 2.75) is 44.9 Å². The first kappa shape index (κ1) is 10.4. The number of rotatable bonds is 1. The number of carbonyl (C=O) groups is 1. The lowest BCUT2D eigenvalue weighted by atomic mass is 9.94. The van der Waals surface area contributed by atoms with Crippen LogP contribution in [0, 0.1) is 0 Å². The van der Waals surface area contributed by atoms with Crippen molar-refractivity contribution in [2.24, 2.45) is 0 Å². The standard InChI is InChI=1S/C12H17NO2/c1-4-8-5-6-10-9(7-8)13-11(14)12(2,3)15-10/h5-7,9-10H,4H2,1-3H3,(H,13,14). The van der Waals surface area contributed by atoms with Gasteiger partial charge in [-0.25, -0.2) is 0 Å². The summed E-state index contributed by atoms with van der Waals surface area (Å²) < 4.78 is 5.74. The van der Waals surface area contributed by atoms with Gasteiger partial charge in [0.1, 0.15) is 11.7 Å². The quantitative estimate of drug-likeness (QED) is 0.708. The number of ether oxygens (including phenoxy) is 1. The molecule has 0 bridgehead atoms. The maximum absolute atomic E-state index is 11.7. The van der Waals surface area contributed by atoms with Crippen LogP contribution in [0.5, 0.6) is 0 Å². The van der Waals surface area contributed by atoms with E-state index in [0.717, 1.165) is 6.42 Å². The summed E-state index contributed by atoms with van der Waals surface area (Å²) in [4.78, 5) is 11.7. The van der Waals surface area contributed by atoms with Crippen LogP contribution in [0.4, 0.5) is 0 Å². The zero-order valence-electron chi connectivity index (χ0n) is 9.41. The molecule has 3 nitrogen and oxygen atoms in total. The summed E-state index contributed by atoms with van der Waals surface area (Å²) in [6.07, 6.45) is 7.16. The fraction of sp³-hybridized carbons (Fsp3) is 0.583. The van der Waals surface area contributed by atoms with Crippen LogP contribution in [0.1, 0.15) is 27.2 Å². The molecule has 82 valence electrons. The van der Waals surface area contributed by atoms with E-state index in [1.807, 2.05) is 6.08 Å². The summed E-state index contributed by atoms with van der Waals surface area (Å²) in [5.41, 5.74) is 0.531. The third-order valence-corrected chi connectivity index (χ3v) is 2.93. The molecule has 1 aliphatic carbocycles. The van der Waals surface area contributed by atoms with E-state index < -0.39 is 5.60 Å². The average molecular weight is 207 g/mol. The fourth-order valence-electron chi connectivity index (χ4n) is 1.91. The largest absolute Gasteiger partial charge is 0.356 e. The molecule has 15 heavy (non-hydrogen) atoms. The van der Waals surface area contributed by atoms with Crippen LogP contribution in [0.15, 0.2) is 23.8 Å². The summed E-state index contributed by atoms with van der Waals surface area (Å²) >= 11 is 0. The molecule has 3 heteroatoms. The molecule has 0 aromatic heterocycles. The van der Waals surface area contributed by atoms with Crippen LogP contribution in [0.25, 0.3) is 0 Å². The lowest BCUT2D eigenvalue weighted by Gasteiger charge is -2.40. The fourth-order valence-corrected chi connectivity index (χ4v) is 1.91. The number of fused-ring (bicyclic) bond motifs is 1. The molecule has 1 heterocycles. The van der Waals surface area contributed by atoms with Gasteiger partial charge < -0.3 is 10.1 Å². The third kappa shape index (κ3) is 1.84. The molecule has 2 atom stereocenters. The summed E-state index contributed by atoms with van der Waals surface area (Å²) in [5, 5.41) is 2.98. The summed E-state index contributed by atoms with van der Waals surface area (Å²) in [6, 6.07) is 0.00507. The normalized spacial score (nSPS) is 33.0. The van der Waals surface area contributed by atoms with Crippen LogP contribution < -0.4 is 5.32 Å². The first-order valence-corrected chi connectivity index (χ1v) is 5.40. The summed E-state index contributed by atoms with van der Waals surface area (Å²) in [5.74, 6) is -0.0363. The third-order valence-electron chi connectivity index (χ3n) is 2.93. The van der Waals surface area contributed by atoms with E-state index in [0.29, 0.717) is 0 Å². The average Bonchev–Trinajstić information content (AvgIpc) is 2.19. The summed E-state index contributed by atoms with van der Waals surface area (Å²) in [6.45, 7) is 5.70. The Morgan fingerprint density at radius 2 is 2.27 bits per heavy atom. The Bertz CT molecular complexity index is 342. The van der Waals surface area contributed by atoms with E-state index in [-0.39, 0.29) is 18.1 Å². The predicted molar refractivity (Wildman–Crippen MR) is 58.4 cm³/mol. The van der Waals surface area contributed by atoms with E-state index in [1.54, 1.807) is 13.8 Å². The van der Waals surface area contributed by atoms with E-state index >= 15 is 0 Å². The Morgan fingerprint density at radius 1 is 1.53 bits per heavy atom. The maximum atomic E-state index is 11.7. The van der Waals surface area contributed by atoms with Gasteiger partial charge in [-0.1, -0.05) is 30.7 Å². The van der Waals surface area contributed by atoms with Crippen molar-refractivity contribution in [3.8, 4) is 0 Å². The van der Waals surface area contributed by atoms with Crippen LogP contribution in [0.2, 0.25) is 0 Å². The first-order chi connectivity index (χ1) is 7.03. The van der Waals surface area contributed by atoms with Crippen LogP contribution in [-0.2, 0) is 9.53 Å². The van der Waals surface area contributed by atoms with Gasteiger partial charge in [0, 0.05) is 0 Å². The number of hydrogen-bond acceptors (Lipinski definition) is 2. The van der Waals surface area contributed by atoms with Crippen molar-refractivity contribution in [3.63, 3.8) is 0 Å². The monoisotopic (exact) mass is 207 g/mol. The molecule has 2 aliphatic rings. The number of allylic oxidation sites excluding steroid dienone is 2. The molecule has 0 spiro atoms. The first-order valence-electron chi connectivity index (χ1n) is 5.40. The van der Waals surface area contributed by atoms with Crippen molar-refractivity contribution in [1.82, 2.24) is 5.32 Å². The molecule has 2 unspecified atom stereocenters. The van der Waals surface area contributed by atoms with Gasteiger partial charge in [-0.05, 0) is 20.3 Å². The van der Waals surface area contributed by atoms with Crippen molar-refractivity contribution >= 4 is 5.91 Å². The predicted octanol–water partition coefficient (Wildman–Crippen LogP) is 1.55. The number of amides is 1. The maximum Gasteiger partial charge on any atom is 0.252 e. The molecule has 1 aliphatic heterocycles. The second kappa shape index (κ2) is 3.49. The van der Waals surface area contributed by atoms with Crippen LogP contribution in [-0.4, -0.2) is 23.7 Å². The van der Waals surface area contributed by atoms with E-state index in [2.05, 4.69) is 24.4 Å². The molecule has 0 aromatic rings. The Balaban J connectivity index is 2.19. The van der Waals surface area contributed by atoms with Gasteiger partial charge in [-0.3, -0.25) is 4.79 Å². The highest BCUT2D eigenvalue weighted by Gasteiger charge is 2.40. The van der Waals surface area contributed by atoms with Gasteiger partial charge in [-0.2, -0.15) is 0 Å². The zero-order chi connectivity index (χ0) is 11.1. The second-order valence-electron chi connectivity index (χ2n) is 4.55. The molecule has 1 fully saturated rings.